The molecule has 18 heavy (non-hydrogen) atoms. The lowest BCUT2D eigenvalue weighted by Crippen LogP contribution is -2.39. The normalized spacial score (nSPS) is 16.4. The quantitative estimate of drug-likeness (QED) is 0.805. The van der Waals surface area contributed by atoms with Gasteiger partial charge in [0.15, 0.2) is 6.29 Å². The first kappa shape index (κ1) is 12.5. The SMILES string of the molecule is CNC(=O)C1CCN(c2ccc(C=O)cn2)CC1. The highest BCUT2D eigenvalue weighted by atomic mass is 16.1. The van der Waals surface area contributed by atoms with Gasteiger partial charge >= 0.3 is 0 Å². The molecule has 1 saturated heterocycles. The molecule has 0 aromatic carbocycles. The van der Waals surface area contributed by atoms with Crippen LogP contribution in [-0.4, -0.2) is 37.3 Å². The fraction of sp³-hybridized carbons (Fsp3) is 0.462. The van der Waals surface area contributed by atoms with Crippen LogP contribution < -0.4 is 10.2 Å². The largest absolute Gasteiger partial charge is 0.359 e. The second-order valence-corrected chi connectivity index (χ2v) is 4.44. The number of rotatable bonds is 3. The summed E-state index contributed by atoms with van der Waals surface area (Å²) >= 11 is 0. The smallest absolute Gasteiger partial charge is 0.222 e. The van der Waals surface area contributed by atoms with E-state index < -0.39 is 0 Å². The van der Waals surface area contributed by atoms with Crippen LogP contribution >= 0.6 is 0 Å². The Morgan fingerprint density at radius 2 is 2.17 bits per heavy atom. The van der Waals surface area contributed by atoms with Crippen molar-refractivity contribution in [2.24, 2.45) is 5.92 Å². The summed E-state index contributed by atoms with van der Waals surface area (Å²) in [4.78, 5) is 28.5. The molecule has 1 N–H and O–H groups in total. The Morgan fingerprint density at radius 1 is 1.44 bits per heavy atom. The van der Waals surface area contributed by atoms with Gasteiger partial charge in [0.2, 0.25) is 5.91 Å². The summed E-state index contributed by atoms with van der Waals surface area (Å²) < 4.78 is 0. The van der Waals surface area contributed by atoms with Crippen LogP contribution in [0.4, 0.5) is 5.82 Å². The number of pyridine rings is 1. The van der Waals surface area contributed by atoms with Gasteiger partial charge in [-0.2, -0.15) is 0 Å². The molecule has 0 unspecified atom stereocenters. The van der Waals surface area contributed by atoms with Crippen molar-refractivity contribution in [3.63, 3.8) is 0 Å². The van der Waals surface area contributed by atoms with E-state index in [0.717, 1.165) is 38.0 Å². The first-order valence-corrected chi connectivity index (χ1v) is 6.12. The molecule has 1 fully saturated rings. The molecule has 1 aromatic heterocycles. The Hall–Kier alpha value is -1.91. The zero-order valence-corrected chi connectivity index (χ0v) is 10.4. The van der Waals surface area contributed by atoms with Gasteiger partial charge in [0, 0.05) is 37.8 Å². The van der Waals surface area contributed by atoms with Crippen LogP contribution in [0.15, 0.2) is 18.3 Å². The Bertz CT molecular complexity index is 422. The van der Waals surface area contributed by atoms with Crippen LogP contribution in [0.2, 0.25) is 0 Å². The predicted molar refractivity (Wildman–Crippen MR) is 68.6 cm³/mol. The van der Waals surface area contributed by atoms with Crippen molar-refractivity contribution < 1.29 is 9.59 Å². The number of carbonyl (C=O) groups is 2. The molecule has 5 heteroatoms. The van der Waals surface area contributed by atoms with Crippen LogP contribution in [0.25, 0.3) is 0 Å². The van der Waals surface area contributed by atoms with Crippen molar-refractivity contribution in [3.05, 3.63) is 23.9 Å². The number of carbonyl (C=O) groups excluding carboxylic acids is 2. The Labute approximate surface area is 106 Å². The highest BCUT2D eigenvalue weighted by Gasteiger charge is 2.24. The number of nitrogens with zero attached hydrogens (tertiary/aromatic N) is 2. The molecule has 1 aromatic rings. The van der Waals surface area contributed by atoms with E-state index >= 15 is 0 Å². The third-order valence-electron chi connectivity index (χ3n) is 3.34. The highest BCUT2D eigenvalue weighted by molar-refractivity contribution is 5.78. The number of piperidine rings is 1. The minimum Gasteiger partial charge on any atom is -0.359 e. The maximum atomic E-state index is 11.5. The van der Waals surface area contributed by atoms with Crippen molar-refractivity contribution in [1.82, 2.24) is 10.3 Å². The van der Waals surface area contributed by atoms with Crippen molar-refractivity contribution in [2.75, 3.05) is 25.0 Å². The molecule has 0 aliphatic carbocycles. The van der Waals surface area contributed by atoms with Crippen LogP contribution in [0.1, 0.15) is 23.2 Å². The summed E-state index contributed by atoms with van der Waals surface area (Å²) in [7, 11) is 1.68. The summed E-state index contributed by atoms with van der Waals surface area (Å²) in [5.74, 6) is 1.11. The van der Waals surface area contributed by atoms with E-state index in [-0.39, 0.29) is 11.8 Å². The van der Waals surface area contributed by atoms with Crippen LogP contribution in [0, 0.1) is 5.92 Å². The van der Waals surface area contributed by atoms with Gasteiger partial charge in [-0.25, -0.2) is 4.98 Å². The number of hydrogen-bond acceptors (Lipinski definition) is 4. The minimum atomic E-state index is 0.112. The second-order valence-electron chi connectivity index (χ2n) is 4.44. The molecule has 1 aliphatic rings. The molecule has 96 valence electrons. The van der Waals surface area contributed by atoms with Crippen molar-refractivity contribution >= 4 is 18.0 Å². The zero-order valence-electron chi connectivity index (χ0n) is 10.4. The first-order chi connectivity index (χ1) is 8.74. The van der Waals surface area contributed by atoms with E-state index in [2.05, 4.69) is 15.2 Å². The van der Waals surface area contributed by atoms with Crippen LogP contribution in [-0.2, 0) is 4.79 Å². The van der Waals surface area contributed by atoms with E-state index in [9.17, 15) is 9.59 Å². The summed E-state index contributed by atoms with van der Waals surface area (Å²) in [5, 5.41) is 2.69. The summed E-state index contributed by atoms with van der Waals surface area (Å²) in [6.45, 7) is 1.65. The Kier molecular flexibility index (Phi) is 3.92. The number of aldehydes is 1. The summed E-state index contributed by atoms with van der Waals surface area (Å²) in [6, 6.07) is 3.62. The van der Waals surface area contributed by atoms with E-state index in [4.69, 9.17) is 0 Å². The van der Waals surface area contributed by atoms with E-state index in [1.807, 2.05) is 6.07 Å². The molecule has 1 aliphatic heterocycles. The van der Waals surface area contributed by atoms with Gasteiger partial charge in [0.1, 0.15) is 5.82 Å². The van der Waals surface area contributed by atoms with Crippen molar-refractivity contribution in [1.29, 1.82) is 0 Å². The maximum absolute atomic E-state index is 11.5. The molecule has 0 radical (unpaired) electrons. The first-order valence-electron chi connectivity index (χ1n) is 6.12. The Balaban J connectivity index is 1.96. The molecule has 1 amide bonds. The number of anilines is 1. The molecule has 2 heterocycles. The molecular weight excluding hydrogens is 230 g/mol. The lowest BCUT2D eigenvalue weighted by Gasteiger charge is -2.31. The van der Waals surface area contributed by atoms with Gasteiger partial charge in [-0.1, -0.05) is 0 Å². The van der Waals surface area contributed by atoms with Gasteiger partial charge in [-0.3, -0.25) is 9.59 Å². The molecule has 5 nitrogen and oxygen atoms in total. The zero-order chi connectivity index (χ0) is 13.0. The number of aromatic nitrogens is 1. The molecule has 0 saturated carbocycles. The highest BCUT2D eigenvalue weighted by Crippen LogP contribution is 2.21. The standard InChI is InChI=1S/C13H17N3O2/c1-14-13(18)11-4-6-16(7-5-11)12-3-2-10(9-17)8-15-12/h2-3,8-9,11H,4-7H2,1H3,(H,14,18). The van der Waals surface area contributed by atoms with E-state index in [1.165, 1.54) is 0 Å². The molecule has 0 spiro atoms. The summed E-state index contributed by atoms with van der Waals surface area (Å²) in [5.41, 5.74) is 0.582. The third-order valence-corrected chi connectivity index (χ3v) is 3.34. The Morgan fingerprint density at radius 3 is 2.67 bits per heavy atom. The summed E-state index contributed by atoms with van der Waals surface area (Å²) in [6.07, 6.45) is 4.05. The monoisotopic (exact) mass is 247 g/mol. The van der Waals surface area contributed by atoms with Gasteiger partial charge in [-0.05, 0) is 25.0 Å². The van der Waals surface area contributed by atoms with Crippen LogP contribution in [0.3, 0.4) is 0 Å². The molecule has 0 atom stereocenters. The van der Waals surface area contributed by atoms with Gasteiger partial charge in [0.25, 0.3) is 0 Å². The lowest BCUT2D eigenvalue weighted by molar-refractivity contribution is -0.125. The molecular formula is C13H17N3O2. The average Bonchev–Trinajstić information content (AvgIpc) is 2.47. The minimum absolute atomic E-state index is 0.112. The number of hydrogen-bond donors (Lipinski definition) is 1. The maximum Gasteiger partial charge on any atom is 0.222 e. The second kappa shape index (κ2) is 5.62. The van der Waals surface area contributed by atoms with Gasteiger partial charge in [-0.15, -0.1) is 0 Å². The van der Waals surface area contributed by atoms with Crippen molar-refractivity contribution in [2.45, 2.75) is 12.8 Å². The number of nitrogens with one attached hydrogen (secondary N) is 1. The van der Waals surface area contributed by atoms with Gasteiger partial charge in [0.05, 0.1) is 0 Å². The molecule has 2 rings (SSSR count). The third kappa shape index (κ3) is 2.67. The fourth-order valence-corrected chi connectivity index (χ4v) is 2.23. The van der Waals surface area contributed by atoms with E-state index in [0.29, 0.717) is 5.56 Å². The van der Waals surface area contributed by atoms with Gasteiger partial charge < -0.3 is 10.2 Å². The van der Waals surface area contributed by atoms with E-state index in [1.54, 1.807) is 19.3 Å². The fourth-order valence-electron chi connectivity index (χ4n) is 2.23. The van der Waals surface area contributed by atoms with Crippen LogP contribution in [0.5, 0.6) is 0 Å². The van der Waals surface area contributed by atoms with Crippen molar-refractivity contribution in [3.8, 4) is 0 Å². The average molecular weight is 247 g/mol. The predicted octanol–water partition coefficient (Wildman–Crippen LogP) is 0.857. The lowest BCUT2D eigenvalue weighted by atomic mass is 9.96. The molecule has 0 bridgehead atoms. The number of amides is 1. The topological polar surface area (TPSA) is 62.3 Å².